The Kier molecular flexibility index (Phi) is 3.93. The predicted octanol–water partition coefficient (Wildman–Crippen LogP) is 2.19. The maximum absolute atomic E-state index is 12.4. The van der Waals surface area contributed by atoms with Crippen molar-refractivity contribution in [2.24, 2.45) is 0 Å². The zero-order valence-electron chi connectivity index (χ0n) is 13.3. The highest BCUT2D eigenvalue weighted by Gasteiger charge is 2.22. The first-order valence-corrected chi connectivity index (χ1v) is 8.93. The molecule has 6 nitrogen and oxygen atoms in total. The monoisotopic (exact) mass is 339 g/mol. The average molecular weight is 339 g/mol. The topological polar surface area (TPSA) is 72.2 Å². The molecule has 1 atom stereocenters. The molecule has 0 saturated heterocycles. The summed E-state index contributed by atoms with van der Waals surface area (Å²) in [6.07, 6.45) is 2.75. The van der Waals surface area contributed by atoms with Crippen LogP contribution in [0.4, 0.5) is 0 Å². The molecule has 0 bridgehead atoms. The number of amides is 1. The maximum Gasteiger partial charge on any atom is 0.291 e. The van der Waals surface area contributed by atoms with E-state index in [0.29, 0.717) is 12.3 Å². The molecule has 1 aromatic carbocycles. The van der Waals surface area contributed by atoms with Crippen LogP contribution in [-0.4, -0.2) is 37.8 Å². The van der Waals surface area contributed by atoms with Gasteiger partial charge in [0.05, 0.1) is 0 Å². The zero-order valence-corrected chi connectivity index (χ0v) is 14.1. The minimum atomic E-state index is -0.261. The minimum Gasteiger partial charge on any atom is -0.348 e. The summed E-state index contributed by atoms with van der Waals surface area (Å²) in [5.41, 5.74) is 3.58. The first-order valence-electron chi connectivity index (χ1n) is 7.88. The van der Waals surface area contributed by atoms with Crippen LogP contribution in [0, 0.1) is 6.92 Å². The Balaban J connectivity index is 1.50. The Labute approximate surface area is 143 Å². The number of hydrogen-bond donors (Lipinski definition) is 1. The second-order valence-electron chi connectivity index (χ2n) is 5.75. The average Bonchev–Trinajstić information content (AvgIpc) is 3.05. The number of benzene rings is 1. The molecule has 0 saturated carbocycles. The molecule has 0 spiro atoms. The lowest BCUT2D eigenvalue weighted by Crippen LogP contribution is -2.29. The van der Waals surface area contributed by atoms with E-state index in [-0.39, 0.29) is 17.0 Å². The lowest BCUT2D eigenvalue weighted by molar-refractivity contribution is 0.0943. The van der Waals surface area contributed by atoms with Crippen molar-refractivity contribution < 1.29 is 4.79 Å². The SMILES string of the molecule is Cc1ccnc2nc(C(=O)NCC3SCCc4ccccc43)nn12. The van der Waals surface area contributed by atoms with Gasteiger partial charge < -0.3 is 5.32 Å². The number of aromatic nitrogens is 4. The molecule has 2 aromatic heterocycles. The Bertz CT molecular complexity index is 907. The van der Waals surface area contributed by atoms with E-state index in [1.165, 1.54) is 11.1 Å². The van der Waals surface area contributed by atoms with E-state index in [2.05, 4.69) is 44.6 Å². The smallest absolute Gasteiger partial charge is 0.291 e. The van der Waals surface area contributed by atoms with E-state index >= 15 is 0 Å². The number of rotatable bonds is 3. The van der Waals surface area contributed by atoms with E-state index in [1.807, 2.05) is 24.8 Å². The Morgan fingerprint density at radius 3 is 3.12 bits per heavy atom. The van der Waals surface area contributed by atoms with Crippen molar-refractivity contribution in [2.45, 2.75) is 18.6 Å². The number of hydrogen-bond acceptors (Lipinski definition) is 5. The highest BCUT2D eigenvalue weighted by Crippen LogP contribution is 2.35. The van der Waals surface area contributed by atoms with Gasteiger partial charge in [-0.3, -0.25) is 4.79 Å². The molecule has 0 radical (unpaired) electrons. The van der Waals surface area contributed by atoms with Crippen LogP contribution in [0.25, 0.3) is 5.78 Å². The molecule has 3 heterocycles. The highest BCUT2D eigenvalue weighted by molar-refractivity contribution is 7.99. The summed E-state index contributed by atoms with van der Waals surface area (Å²) in [7, 11) is 0. The van der Waals surface area contributed by atoms with Gasteiger partial charge in [-0.1, -0.05) is 24.3 Å². The number of nitrogens with one attached hydrogen (secondary N) is 1. The Morgan fingerprint density at radius 2 is 2.25 bits per heavy atom. The predicted molar refractivity (Wildman–Crippen MR) is 93.2 cm³/mol. The van der Waals surface area contributed by atoms with Gasteiger partial charge in [0.2, 0.25) is 5.82 Å². The first kappa shape index (κ1) is 15.1. The van der Waals surface area contributed by atoms with Gasteiger partial charge in [-0.05, 0) is 36.3 Å². The molecule has 1 unspecified atom stereocenters. The summed E-state index contributed by atoms with van der Waals surface area (Å²) in [4.78, 5) is 20.7. The summed E-state index contributed by atoms with van der Waals surface area (Å²) in [6.45, 7) is 2.48. The number of carbonyl (C=O) groups excluding carboxylic acids is 1. The fraction of sp³-hybridized carbons (Fsp3) is 0.294. The molecule has 1 N–H and O–H groups in total. The van der Waals surface area contributed by atoms with E-state index < -0.39 is 0 Å². The molecule has 0 aliphatic carbocycles. The van der Waals surface area contributed by atoms with E-state index in [4.69, 9.17) is 0 Å². The first-order chi connectivity index (χ1) is 11.7. The van der Waals surface area contributed by atoms with Gasteiger partial charge in [-0.25, -0.2) is 9.50 Å². The van der Waals surface area contributed by atoms with Crippen molar-refractivity contribution in [1.29, 1.82) is 0 Å². The van der Waals surface area contributed by atoms with Crippen molar-refractivity contribution in [1.82, 2.24) is 24.9 Å². The lowest BCUT2D eigenvalue weighted by atomic mass is 10.0. The molecule has 7 heteroatoms. The summed E-state index contributed by atoms with van der Waals surface area (Å²) in [5, 5.41) is 7.48. The molecule has 1 aliphatic heterocycles. The van der Waals surface area contributed by atoms with Gasteiger partial charge in [0.25, 0.3) is 11.7 Å². The maximum atomic E-state index is 12.4. The number of nitrogens with zero attached hydrogens (tertiary/aromatic N) is 4. The molecule has 1 aliphatic rings. The van der Waals surface area contributed by atoms with Crippen LogP contribution < -0.4 is 5.32 Å². The molecule has 0 fully saturated rings. The third-order valence-corrected chi connectivity index (χ3v) is 5.44. The van der Waals surface area contributed by atoms with Gasteiger partial charge in [0.1, 0.15) is 0 Å². The molecule has 1 amide bonds. The van der Waals surface area contributed by atoms with E-state index in [9.17, 15) is 4.79 Å². The normalized spacial score (nSPS) is 16.8. The van der Waals surface area contributed by atoms with Crippen molar-refractivity contribution in [2.75, 3.05) is 12.3 Å². The zero-order chi connectivity index (χ0) is 16.5. The van der Waals surface area contributed by atoms with Crippen LogP contribution in [0.3, 0.4) is 0 Å². The van der Waals surface area contributed by atoms with E-state index in [1.54, 1.807) is 10.7 Å². The molecule has 4 rings (SSSR count). The van der Waals surface area contributed by atoms with Gasteiger partial charge in [-0.15, -0.1) is 5.10 Å². The summed E-state index contributed by atoms with van der Waals surface area (Å²) < 4.78 is 1.58. The molecular formula is C17H17N5OS. The van der Waals surface area contributed by atoms with Gasteiger partial charge in [0.15, 0.2) is 0 Å². The van der Waals surface area contributed by atoms with Crippen molar-refractivity contribution in [3.8, 4) is 0 Å². The standard InChI is InChI=1S/C17H17N5OS/c1-11-6-8-18-17-20-15(21-22(11)17)16(23)19-10-14-13-5-3-2-4-12(13)7-9-24-14/h2-6,8,14H,7,9-10H2,1H3,(H,19,23). The molecular weight excluding hydrogens is 322 g/mol. The van der Waals surface area contributed by atoms with Crippen LogP contribution in [0.15, 0.2) is 36.5 Å². The van der Waals surface area contributed by atoms with Crippen LogP contribution in [0.5, 0.6) is 0 Å². The van der Waals surface area contributed by atoms with Gasteiger partial charge in [-0.2, -0.15) is 16.7 Å². The lowest BCUT2D eigenvalue weighted by Gasteiger charge is -2.25. The number of thioether (sulfide) groups is 1. The van der Waals surface area contributed by atoms with Gasteiger partial charge >= 0.3 is 0 Å². The van der Waals surface area contributed by atoms with Crippen molar-refractivity contribution >= 4 is 23.4 Å². The third-order valence-electron chi connectivity index (χ3n) is 4.17. The Morgan fingerprint density at radius 1 is 1.38 bits per heavy atom. The fourth-order valence-electron chi connectivity index (χ4n) is 2.91. The second-order valence-corrected chi connectivity index (χ2v) is 7.06. The van der Waals surface area contributed by atoms with Crippen LogP contribution in [0.2, 0.25) is 0 Å². The second kappa shape index (κ2) is 6.24. The van der Waals surface area contributed by atoms with Crippen molar-refractivity contribution in [3.05, 3.63) is 59.2 Å². The highest BCUT2D eigenvalue weighted by atomic mass is 32.2. The largest absolute Gasteiger partial charge is 0.348 e. The van der Waals surface area contributed by atoms with Crippen LogP contribution >= 0.6 is 11.8 Å². The number of aryl methyl sites for hydroxylation is 2. The molecule has 122 valence electrons. The van der Waals surface area contributed by atoms with Crippen LogP contribution in [0.1, 0.15) is 32.7 Å². The van der Waals surface area contributed by atoms with Crippen LogP contribution in [-0.2, 0) is 6.42 Å². The molecule has 3 aromatic rings. The van der Waals surface area contributed by atoms with Crippen molar-refractivity contribution in [3.63, 3.8) is 0 Å². The fourth-order valence-corrected chi connectivity index (χ4v) is 4.15. The summed E-state index contributed by atoms with van der Waals surface area (Å²) in [5.74, 6) is 1.42. The minimum absolute atomic E-state index is 0.158. The van der Waals surface area contributed by atoms with E-state index in [0.717, 1.165) is 17.9 Å². The quantitative estimate of drug-likeness (QED) is 0.792. The third kappa shape index (κ3) is 2.75. The molecule has 24 heavy (non-hydrogen) atoms. The summed E-state index contributed by atoms with van der Waals surface area (Å²) in [6, 6.07) is 10.3. The Hall–Kier alpha value is -2.41. The summed E-state index contributed by atoms with van der Waals surface area (Å²) >= 11 is 1.88. The van der Waals surface area contributed by atoms with Gasteiger partial charge in [0, 0.05) is 23.7 Å². The number of fused-ring (bicyclic) bond motifs is 2. The number of carbonyl (C=O) groups is 1.